The number of sulfonamides is 1. The van der Waals surface area contributed by atoms with Crippen LogP contribution in [0.4, 0.5) is 5.69 Å². The molecule has 1 unspecified atom stereocenters. The van der Waals surface area contributed by atoms with Crippen LogP contribution in [-0.2, 0) is 19.5 Å². The highest BCUT2D eigenvalue weighted by Crippen LogP contribution is 2.15. The molecule has 0 fully saturated rings. The van der Waals surface area contributed by atoms with E-state index in [1.165, 1.54) is 26.4 Å². The van der Waals surface area contributed by atoms with Gasteiger partial charge in [0.2, 0.25) is 10.0 Å². The topological polar surface area (TPSA) is 90.7 Å². The van der Waals surface area contributed by atoms with Crippen LogP contribution in [0.5, 0.6) is 0 Å². The zero-order chi connectivity index (χ0) is 15.9. The van der Waals surface area contributed by atoms with Gasteiger partial charge >= 0.3 is 0 Å². The number of hydrogen-bond acceptors (Lipinski definition) is 5. The maximum atomic E-state index is 12.4. The van der Waals surface area contributed by atoms with E-state index in [-0.39, 0.29) is 4.90 Å². The second kappa shape index (κ2) is 8.33. The van der Waals surface area contributed by atoms with E-state index in [9.17, 15) is 8.42 Å². The minimum Gasteiger partial charge on any atom is -0.399 e. The molecule has 3 N–H and O–H groups in total. The number of nitrogens with two attached hydrogens (primary N) is 1. The van der Waals surface area contributed by atoms with Gasteiger partial charge in [-0.3, -0.25) is 0 Å². The van der Waals surface area contributed by atoms with Gasteiger partial charge in [-0.1, -0.05) is 19.8 Å². The molecule has 0 aromatic heterocycles. The normalized spacial score (nSPS) is 13.5. The van der Waals surface area contributed by atoms with Crippen LogP contribution in [-0.4, -0.2) is 35.0 Å². The molecule has 1 aromatic carbocycles. The SMILES string of the molecule is CCCCC(NS(=O)(=O)c1ccc(N)cc1)C(OC)OC. The standard InChI is InChI=1S/C14H24N2O4S/c1-4-5-6-13(14(19-2)20-3)16-21(17,18)12-9-7-11(15)8-10-12/h7-10,13-14,16H,4-6,15H2,1-3H3. The molecule has 120 valence electrons. The Labute approximate surface area is 126 Å². The van der Waals surface area contributed by atoms with Crippen LogP contribution in [0.25, 0.3) is 0 Å². The lowest BCUT2D eigenvalue weighted by atomic mass is 10.1. The first-order valence-corrected chi connectivity index (χ1v) is 8.36. The van der Waals surface area contributed by atoms with Crippen molar-refractivity contribution in [2.24, 2.45) is 0 Å². The van der Waals surface area contributed by atoms with E-state index in [0.717, 1.165) is 12.8 Å². The molecule has 0 saturated carbocycles. The van der Waals surface area contributed by atoms with Crippen LogP contribution in [0.15, 0.2) is 29.2 Å². The number of hydrogen-bond donors (Lipinski definition) is 2. The van der Waals surface area contributed by atoms with Crippen LogP contribution in [0.3, 0.4) is 0 Å². The quantitative estimate of drug-likeness (QED) is 0.535. The fraction of sp³-hybridized carbons (Fsp3) is 0.571. The average molecular weight is 316 g/mol. The van der Waals surface area contributed by atoms with Crippen molar-refractivity contribution in [3.05, 3.63) is 24.3 Å². The molecule has 0 aliphatic rings. The number of unbranched alkanes of at least 4 members (excludes halogenated alkanes) is 1. The lowest BCUT2D eigenvalue weighted by Crippen LogP contribution is -2.45. The Hall–Kier alpha value is -1.15. The van der Waals surface area contributed by atoms with E-state index in [2.05, 4.69) is 4.72 Å². The molecule has 0 spiro atoms. The molecule has 0 radical (unpaired) electrons. The predicted octanol–water partition coefficient (Wildman–Crippen LogP) is 1.72. The van der Waals surface area contributed by atoms with E-state index >= 15 is 0 Å². The van der Waals surface area contributed by atoms with Gasteiger partial charge in [0.05, 0.1) is 10.9 Å². The number of nitrogen functional groups attached to an aromatic ring is 1. The van der Waals surface area contributed by atoms with E-state index < -0.39 is 22.4 Å². The Morgan fingerprint density at radius 1 is 1.19 bits per heavy atom. The minimum atomic E-state index is -3.64. The number of benzene rings is 1. The van der Waals surface area contributed by atoms with E-state index in [0.29, 0.717) is 12.1 Å². The summed E-state index contributed by atoms with van der Waals surface area (Å²) in [5.41, 5.74) is 6.09. The van der Waals surface area contributed by atoms with E-state index in [4.69, 9.17) is 15.2 Å². The highest BCUT2D eigenvalue weighted by Gasteiger charge is 2.26. The van der Waals surface area contributed by atoms with Crippen LogP contribution in [0.2, 0.25) is 0 Å². The second-order valence-electron chi connectivity index (χ2n) is 4.78. The Balaban J connectivity index is 2.91. The predicted molar refractivity (Wildman–Crippen MR) is 82.3 cm³/mol. The first-order chi connectivity index (χ1) is 9.94. The van der Waals surface area contributed by atoms with Crippen LogP contribution in [0.1, 0.15) is 26.2 Å². The Bertz CT molecular complexity index is 512. The molecular formula is C14H24N2O4S. The fourth-order valence-corrected chi connectivity index (χ4v) is 3.27. The average Bonchev–Trinajstić information content (AvgIpc) is 2.46. The summed E-state index contributed by atoms with van der Waals surface area (Å²) < 4.78 is 37.8. The third-order valence-electron chi connectivity index (χ3n) is 3.16. The largest absolute Gasteiger partial charge is 0.399 e. The summed E-state index contributed by atoms with van der Waals surface area (Å²) in [5.74, 6) is 0. The van der Waals surface area contributed by atoms with Crippen molar-refractivity contribution in [3.8, 4) is 0 Å². The Kier molecular flexibility index (Phi) is 7.10. The summed E-state index contributed by atoms with van der Waals surface area (Å²) in [4.78, 5) is 0.171. The number of methoxy groups -OCH3 is 2. The lowest BCUT2D eigenvalue weighted by Gasteiger charge is -2.25. The van der Waals surface area contributed by atoms with Crippen LogP contribution in [0, 0.1) is 0 Å². The van der Waals surface area contributed by atoms with Gasteiger partial charge in [0.15, 0.2) is 6.29 Å². The molecule has 1 aromatic rings. The van der Waals surface area contributed by atoms with Gasteiger partial charge in [0, 0.05) is 19.9 Å². The van der Waals surface area contributed by atoms with Crippen LogP contribution >= 0.6 is 0 Å². The van der Waals surface area contributed by atoms with Gasteiger partial charge in [-0.05, 0) is 30.7 Å². The number of nitrogens with one attached hydrogen (secondary N) is 1. The van der Waals surface area contributed by atoms with Gasteiger partial charge < -0.3 is 15.2 Å². The molecule has 0 saturated heterocycles. The second-order valence-corrected chi connectivity index (χ2v) is 6.49. The zero-order valence-electron chi connectivity index (χ0n) is 12.7. The third kappa shape index (κ3) is 5.28. The Morgan fingerprint density at radius 2 is 1.76 bits per heavy atom. The zero-order valence-corrected chi connectivity index (χ0v) is 13.5. The number of rotatable bonds is 9. The molecule has 0 heterocycles. The van der Waals surface area contributed by atoms with Gasteiger partial charge in [0.25, 0.3) is 0 Å². The van der Waals surface area contributed by atoms with Crippen molar-refractivity contribution < 1.29 is 17.9 Å². The van der Waals surface area contributed by atoms with Gasteiger partial charge in [0.1, 0.15) is 0 Å². The van der Waals surface area contributed by atoms with Crippen molar-refractivity contribution in [2.45, 2.75) is 43.4 Å². The molecule has 1 atom stereocenters. The van der Waals surface area contributed by atoms with E-state index in [1.54, 1.807) is 12.1 Å². The minimum absolute atomic E-state index is 0.171. The molecule has 0 bridgehead atoms. The summed E-state index contributed by atoms with van der Waals surface area (Å²) in [5, 5.41) is 0. The molecule has 0 amide bonds. The maximum Gasteiger partial charge on any atom is 0.240 e. The third-order valence-corrected chi connectivity index (χ3v) is 4.66. The monoisotopic (exact) mass is 316 g/mol. The van der Waals surface area contributed by atoms with Gasteiger partial charge in [-0.2, -0.15) is 0 Å². The first-order valence-electron chi connectivity index (χ1n) is 6.88. The molecule has 6 nitrogen and oxygen atoms in total. The smallest absolute Gasteiger partial charge is 0.240 e. The molecule has 21 heavy (non-hydrogen) atoms. The summed E-state index contributed by atoms with van der Waals surface area (Å²) in [6.45, 7) is 2.04. The maximum absolute atomic E-state index is 12.4. The summed E-state index contributed by atoms with van der Waals surface area (Å²) in [7, 11) is -0.656. The molecule has 0 aliphatic carbocycles. The number of ether oxygens (including phenoxy) is 2. The van der Waals surface area contributed by atoms with Crippen LogP contribution < -0.4 is 10.5 Å². The molecule has 1 rings (SSSR count). The van der Waals surface area contributed by atoms with Crippen molar-refractivity contribution in [3.63, 3.8) is 0 Å². The highest BCUT2D eigenvalue weighted by atomic mass is 32.2. The van der Waals surface area contributed by atoms with Crippen molar-refractivity contribution >= 4 is 15.7 Å². The summed E-state index contributed by atoms with van der Waals surface area (Å²) >= 11 is 0. The van der Waals surface area contributed by atoms with Crippen molar-refractivity contribution in [1.82, 2.24) is 4.72 Å². The first kappa shape index (κ1) is 17.9. The van der Waals surface area contributed by atoms with E-state index in [1.807, 2.05) is 6.92 Å². The van der Waals surface area contributed by atoms with Crippen molar-refractivity contribution in [2.75, 3.05) is 20.0 Å². The molecule has 0 aliphatic heterocycles. The highest BCUT2D eigenvalue weighted by molar-refractivity contribution is 7.89. The number of anilines is 1. The fourth-order valence-electron chi connectivity index (χ4n) is 2.01. The van der Waals surface area contributed by atoms with Gasteiger partial charge in [-0.25, -0.2) is 13.1 Å². The molecule has 7 heteroatoms. The van der Waals surface area contributed by atoms with Gasteiger partial charge in [-0.15, -0.1) is 0 Å². The van der Waals surface area contributed by atoms with Crippen molar-refractivity contribution in [1.29, 1.82) is 0 Å². The summed E-state index contributed by atoms with van der Waals surface area (Å²) in [6, 6.07) is 5.62. The summed E-state index contributed by atoms with van der Waals surface area (Å²) in [6.07, 6.45) is 1.84. The Morgan fingerprint density at radius 3 is 2.24 bits per heavy atom. The lowest BCUT2D eigenvalue weighted by molar-refractivity contribution is -0.120. The molecular weight excluding hydrogens is 292 g/mol.